The van der Waals surface area contributed by atoms with Gasteiger partial charge in [-0.2, -0.15) is 5.26 Å². The van der Waals surface area contributed by atoms with Crippen molar-refractivity contribution in [3.8, 4) is 6.07 Å². The maximum atomic E-state index is 11.7. The highest BCUT2D eigenvalue weighted by Gasteiger charge is 2.17. The Morgan fingerprint density at radius 2 is 2.17 bits per heavy atom. The van der Waals surface area contributed by atoms with Crippen LogP contribution in [-0.4, -0.2) is 36.3 Å². The summed E-state index contributed by atoms with van der Waals surface area (Å²) in [6, 6.07) is 2.39. The van der Waals surface area contributed by atoms with E-state index in [-0.39, 0.29) is 11.5 Å². The summed E-state index contributed by atoms with van der Waals surface area (Å²) in [5.41, 5.74) is 0.146. The molecule has 1 aliphatic carbocycles. The Morgan fingerprint density at radius 1 is 1.50 bits per heavy atom. The van der Waals surface area contributed by atoms with Gasteiger partial charge < -0.3 is 10.2 Å². The number of amides is 1. The third-order valence-electron chi connectivity index (χ3n) is 3.23. The van der Waals surface area contributed by atoms with Crippen LogP contribution in [0.25, 0.3) is 0 Å². The highest BCUT2D eigenvalue weighted by atomic mass is 35.5. The van der Waals surface area contributed by atoms with Crippen molar-refractivity contribution >= 4 is 17.5 Å². The zero-order valence-corrected chi connectivity index (χ0v) is 11.5. The second-order valence-electron chi connectivity index (χ2n) is 4.56. The number of hydrogen-bond donors (Lipinski definition) is 1. The number of nitriles is 1. The van der Waals surface area contributed by atoms with E-state index in [0.717, 1.165) is 12.8 Å². The smallest absolute Gasteiger partial charge is 0.263 e. The molecule has 1 fully saturated rings. The van der Waals surface area contributed by atoms with Crippen LogP contribution in [0.4, 0.5) is 0 Å². The summed E-state index contributed by atoms with van der Waals surface area (Å²) in [4.78, 5) is 13.7. The van der Waals surface area contributed by atoms with Gasteiger partial charge in [-0.05, 0) is 12.8 Å². The van der Waals surface area contributed by atoms with E-state index in [9.17, 15) is 4.79 Å². The lowest BCUT2D eigenvalue weighted by molar-refractivity contribution is -0.117. The molecule has 1 saturated carbocycles. The third kappa shape index (κ3) is 4.58. The van der Waals surface area contributed by atoms with Crippen LogP contribution < -0.4 is 5.32 Å². The van der Waals surface area contributed by atoms with Gasteiger partial charge in [-0.25, -0.2) is 0 Å². The van der Waals surface area contributed by atoms with Crippen LogP contribution in [0.15, 0.2) is 11.8 Å². The van der Waals surface area contributed by atoms with Crippen LogP contribution in [0.2, 0.25) is 0 Å². The SMILES string of the molecule is CN(/C=C(/C#N)C(=O)NCCCl)C1CCCCC1. The van der Waals surface area contributed by atoms with Crippen molar-refractivity contribution in [1.82, 2.24) is 10.2 Å². The van der Waals surface area contributed by atoms with Crippen molar-refractivity contribution in [3.63, 3.8) is 0 Å². The Morgan fingerprint density at radius 3 is 2.72 bits per heavy atom. The first kappa shape index (κ1) is 14.8. The number of nitrogens with zero attached hydrogens (tertiary/aromatic N) is 2. The van der Waals surface area contributed by atoms with E-state index in [4.69, 9.17) is 16.9 Å². The molecule has 100 valence electrons. The van der Waals surface area contributed by atoms with E-state index in [2.05, 4.69) is 5.32 Å². The van der Waals surface area contributed by atoms with Gasteiger partial charge in [0, 0.05) is 31.7 Å². The van der Waals surface area contributed by atoms with Gasteiger partial charge in [0.1, 0.15) is 11.6 Å². The van der Waals surface area contributed by atoms with Crippen molar-refractivity contribution in [2.24, 2.45) is 0 Å². The molecular weight excluding hydrogens is 250 g/mol. The number of rotatable bonds is 5. The molecule has 5 heteroatoms. The Balaban J connectivity index is 2.59. The Labute approximate surface area is 114 Å². The minimum atomic E-state index is -0.346. The van der Waals surface area contributed by atoms with Crippen molar-refractivity contribution < 1.29 is 4.79 Å². The predicted octanol–water partition coefficient (Wildman–Crippen LogP) is 2.01. The third-order valence-corrected chi connectivity index (χ3v) is 3.42. The minimum absolute atomic E-state index is 0.146. The predicted molar refractivity (Wildman–Crippen MR) is 72.1 cm³/mol. The first-order chi connectivity index (χ1) is 8.69. The molecule has 0 aromatic carbocycles. The Kier molecular flexibility index (Phi) is 6.59. The standard InChI is InChI=1S/C13H20ClN3O/c1-17(12-5-3-2-4-6-12)10-11(9-15)13(18)16-8-7-14/h10,12H,2-8H2,1H3,(H,16,18)/b11-10-. The molecule has 0 atom stereocenters. The lowest BCUT2D eigenvalue weighted by atomic mass is 9.94. The van der Waals surface area contributed by atoms with Crippen molar-refractivity contribution in [3.05, 3.63) is 11.8 Å². The molecule has 0 bridgehead atoms. The maximum Gasteiger partial charge on any atom is 0.263 e. The molecule has 0 aromatic heterocycles. The molecule has 1 amide bonds. The fraction of sp³-hybridized carbons (Fsp3) is 0.692. The van der Waals surface area contributed by atoms with Gasteiger partial charge in [0.05, 0.1) is 0 Å². The van der Waals surface area contributed by atoms with Crippen molar-refractivity contribution in [1.29, 1.82) is 5.26 Å². The van der Waals surface area contributed by atoms with Gasteiger partial charge in [0.2, 0.25) is 0 Å². The monoisotopic (exact) mass is 269 g/mol. The van der Waals surface area contributed by atoms with Crippen LogP contribution in [0.5, 0.6) is 0 Å². The minimum Gasteiger partial charge on any atom is -0.376 e. The topological polar surface area (TPSA) is 56.1 Å². The van der Waals surface area contributed by atoms with Gasteiger partial charge in [0.15, 0.2) is 0 Å². The molecule has 0 saturated heterocycles. The van der Waals surface area contributed by atoms with Crippen LogP contribution >= 0.6 is 11.6 Å². The van der Waals surface area contributed by atoms with E-state index >= 15 is 0 Å². The van der Waals surface area contributed by atoms with E-state index in [1.54, 1.807) is 6.20 Å². The summed E-state index contributed by atoms with van der Waals surface area (Å²) >= 11 is 5.49. The molecule has 1 aliphatic rings. The summed E-state index contributed by atoms with van der Waals surface area (Å²) in [6.45, 7) is 0.381. The van der Waals surface area contributed by atoms with E-state index in [0.29, 0.717) is 18.5 Å². The number of alkyl halides is 1. The zero-order chi connectivity index (χ0) is 13.4. The Hall–Kier alpha value is -1.21. The maximum absolute atomic E-state index is 11.7. The molecule has 1 N–H and O–H groups in total. The molecule has 0 aliphatic heterocycles. The first-order valence-corrected chi connectivity index (χ1v) is 6.90. The van der Waals surface area contributed by atoms with Crippen LogP contribution in [0, 0.1) is 11.3 Å². The van der Waals surface area contributed by atoms with Gasteiger partial charge in [-0.1, -0.05) is 19.3 Å². The zero-order valence-electron chi connectivity index (χ0n) is 10.8. The fourth-order valence-corrected chi connectivity index (χ4v) is 2.29. The molecule has 0 unspecified atom stereocenters. The van der Waals surface area contributed by atoms with E-state index in [1.165, 1.54) is 19.3 Å². The Bertz CT molecular complexity index is 343. The second kappa shape index (κ2) is 7.99. The first-order valence-electron chi connectivity index (χ1n) is 6.37. The van der Waals surface area contributed by atoms with E-state index < -0.39 is 0 Å². The molecule has 0 spiro atoms. The lowest BCUT2D eigenvalue weighted by Crippen LogP contribution is -2.32. The number of nitrogens with one attached hydrogen (secondary N) is 1. The lowest BCUT2D eigenvalue weighted by Gasteiger charge is -2.30. The normalized spacial score (nSPS) is 17.1. The van der Waals surface area contributed by atoms with Gasteiger partial charge >= 0.3 is 0 Å². The van der Waals surface area contributed by atoms with Gasteiger partial charge in [-0.3, -0.25) is 4.79 Å². The summed E-state index contributed by atoms with van der Waals surface area (Å²) < 4.78 is 0. The van der Waals surface area contributed by atoms with Gasteiger partial charge in [0.25, 0.3) is 5.91 Å². The molecular formula is C13H20ClN3O. The van der Waals surface area contributed by atoms with Crippen LogP contribution in [0.3, 0.4) is 0 Å². The quantitative estimate of drug-likeness (QED) is 0.472. The number of hydrogen-bond acceptors (Lipinski definition) is 3. The summed E-state index contributed by atoms with van der Waals surface area (Å²) in [5.74, 6) is 0.00364. The molecule has 0 radical (unpaired) electrons. The summed E-state index contributed by atoms with van der Waals surface area (Å²) in [5, 5.41) is 11.6. The van der Waals surface area contributed by atoms with Crippen molar-refractivity contribution in [2.75, 3.05) is 19.5 Å². The number of halogens is 1. The highest BCUT2D eigenvalue weighted by molar-refractivity contribution is 6.18. The average Bonchev–Trinajstić information content (AvgIpc) is 2.42. The second-order valence-corrected chi connectivity index (χ2v) is 4.93. The summed E-state index contributed by atoms with van der Waals surface area (Å²) in [7, 11) is 1.93. The fourth-order valence-electron chi connectivity index (χ4n) is 2.19. The highest BCUT2D eigenvalue weighted by Crippen LogP contribution is 2.22. The van der Waals surface area contributed by atoms with Gasteiger partial charge in [-0.15, -0.1) is 11.6 Å². The largest absolute Gasteiger partial charge is 0.376 e. The molecule has 0 aromatic rings. The van der Waals surface area contributed by atoms with Crippen LogP contribution in [0.1, 0.15) is 32.1 Å². The van der Waals surface area contributed by atoms with Crippen LogP contribution in [-0.2, 0) is 4.79 Å². The molecule has 1 rings (SSSR count). The molecule has 18 heavy (non-hydrogen) atoms. The molecule has 0 heterocycles. The van der Waals surface area contributed by atoms with E-state index in [1.807, 2.05) is 18.0 Å². The number of carbonyl (C=O) groups excluding carboxylic acids is 1. The van der Waals surface area contributed by atoms with Crippen molar-refractivity contribution in [2.45, 2.75) is 38.1 Å². The molecule has 4 nitrogen and oxygen atoms in total. The number of carbonyl (C=O) groups is 1. The summed E-state index contributed by atoms with van der Waals surface area (Å²) in [6.07, 6.45) is 7.66. The average molecular weight is 270 g/mol.